The topological polar surface area (TPSA) is 183 Å². The highest BCUT2D eigenvalue weighted by Gasteiger charge is 2.65. The summed E-state index contributed by atoms with van der Waals surface area (Å²) in [4.78, 5) is 33.8. The van der Waals surface area contributed by atoms with Gasteiger partial charge in [-0.1, -0.05) is 36.2 Å². The van der Waals surface area contributed by atoms with E-state index in [-0.39, 0.29) is 76.0 Å². The lowest BCUT2D eigenvalue weighted by atomic mass is 9.55. The molecule has 6 rings (SSSR count). The van der Waals surface area contributed by atoms with Crippen LogP contribution in [0.25, 0.3) is 6.08 Å². The SMILES string of the molecule is C=CCO[C@@]12Oc3ccc(Oc4ccc(C)c(C)c4)cc3[C@H]3[C@H](CCCCO)[C@@H](CCCCO)C=C(C(=NOC(C)(C)C)C[C@@H]1N(CCOCCO)C(=O)C=Cc1ccc([N+](=O)[O-])cc1)[C@H]32. The van der Waals surface area contributed by atoms with Crippen LogP contribution >= 0.6 is 0 Å². The van der Waals surface area contributed by atoms with Gasteiger partial charge in [0, 0.05) is 55.9 Å². The number of carbonyl (C=O) groups excluding carboxylic acids is 1. The van der Waals surface area contributed by atoms with Crippen molar-refractivity contribution < 1.29 is 48.8 Å². The standard InChI is InChI=1S/C52H67N3O11/c1-7-28-63-52-47(54(24-29-62-30-27-58)48(59)23-17-37-15-18-39(19-16-37)55(60)61)34-45(53-66-51(4,5)6)43-32-38(12-8-10-25-56)42(13-9-11-26-57)49(50(43)52)44-33-41(21-22-46(44)65-52)64-40-20-14-35(2)36(3)31-40/h7,14-23,31-33,38,42,47,49-50,56-58H,1,8-13,24-30,34H2,2-6H3/t38-,42+,47-,49+,50+,52+/m0/s1. The van der Waals surface area contributed by atoms with Crippen LogP contribution in [0.2, 0.25) is 0 Å². The van der Waals surface area contributed by atoms with Crippen molar-refractivity contribution >= 4 is 23.4 Å². The zero-order valence-corrected chi connectivity index (χ0v) is 39.0. The molecule has 0 aromatic heterocycles. The normalized spacial score (nSPS) is 22.8. The Morgan fingerprint density at radius 3 is 2.33 bits per heavy atom. The second-order valence-corrected chi connectivity index (χ2v) is 18.4. The number of fused-ring (bicyclic) bond motifs is 2. The third-order valence-electron chi connectivity index (χ3n) is 12.7. The molecule has 3 aliphatic rings. The molecule has 0 unspecified atom stereocenters. The maximum Gasteiger partial charge on any atom is 0.269 e. The Morgan fingerprint density at radius 2 is 1.67 bits per heavy atom. The van der Waals surface area contributed by atoms with Gasteiger partial charge in [0.05, 0.1) is 43.0 Å². The zero-order valence-electron chi connectivity index (χ0n) is 39.0. The van der Waals surface area contributed by atoms with E-state index >= 15 is 0 Å². The minimum Gasteiger partial charge on any atom is -0.459 e. The molecular weight excluding hydrogens is 843 g/mol. The third kappa shape index (κ3) is 11.9. The summed E-state index contributed by atoms with van der Waals surface area (Å²) < 4.78 is 26.9. The average Bonchev–Trinajstić information content (AvgIpc) is 3.29. The molecule has 3 N–H and O–H groups in total. The van der Waals surface area contributed by atoms with Crippen LogP contribution in [0.5, 0.6) is 17.2 Å². The van der Waals surface area contributed by atoms with Crippen LogP contribution in [0.4, 0.5) is 5.69 Å². The number of aryl methyl sites for hydroxylation is 2. The highest BCUT2D eigenvalue weighted by molar-refractivity contribution is 6.03. The number of unbranched alkanes of at least 4 members (excludes halogenated alkanes) is 2. The van der Waals surface area contributed by atoms with E-state index in [2.05, 4.69) is 32.6 Å². The van der Waals surface area contributed by atoms with Gasteiger partial charge in [-0.05, 0) is 143 Å². The smallest absolute Gasteiger partial charge is 0.269 e. The first-order valence-corrected chi connectivity index (χ1v) is 23.2. The maximum atomic E-state index is 14.9. The first kappa shape index (κ1) is 50.0. The molecule has 1 heterocycles. The lowest BCUT2D eigenvalue weighted by Crippen LogP contribution is -2.70. The van der Waals surface area contributed by atoms with Crippen LogP contribution in [-0.2, 0) is 19.1 Å². The number of rotatable bonds is 23. The predicted molar refractivity (Wildman–Crippen MR) is 254 cm³/mol. The Balaban J connectivity index is 1.59. The van der Waals surface area contributed by atoms with Crippen molar-refractivity contribution in [3.05, 3.63) is 123 Å². The quantitative estimate of drug-likeness (QED) is 0.0272. The fraction of sp³-hybridized carbons (Fsp3) is 0.500. The van der Waals surface area contributed by atoms with Crippen LogP contribution in [0.3, 0.4) is 0 Å². The van der Waals surface area contributed by atoms with Crippen LogP contribution in [0, 0.1) is 41.7 Å². The van der Waals surface area contributed by atoms with E-state index in [1.165, 1.54) is 18.2 Å². The van der Waals surface area contributed by atoms with Gasteiger partial charge in [-0.15, -0.1) is 6.58 Å². The van der Waals surface area contributed by atoms with E-state index < -0.39 is 34.2 Å². The number of nitrogens with zero attached hydrogens (tertiary/aromatic N) is 3. The zero-order chi connectivity index (χ0) is 47.4. The summed E-state index contributed by atoms with van der Waals surface area (Å²) in [5.74, 6) is -0.795. The number of non-ortho nitro benzene ring substituents is 1. The van der Waals surface area contributed by atoms with Crippen molar-refractivity contribution in [2.75, 3.05) is 46.2 Å². The Kier molecular flexibility index (Phi) is 17.4. The molecule has 2 aliphatic carbocycles. The molecule has 14 nitrogen and oxygen atoms in total. The number of carbonyl (C=O) groups is 1. The summed E-state index contributed by atoms with van der Waals surface area (Å²) in [7, 11) is 0. The number of oxime groups is 1. The van der Waals surface area contributed by atoms with E-state index in [1.54, 1.807) is 29.2 Å². The van der Waals surface area contributed by atoms with Gasteiger partial charge in [0.2, 0.25) is 11.7 Å². The monoisotopic (exact) mass is 909 g/mol. The number of hydrogen-bond acceptors (Lipinski definition) is 12. The molecule has 1 amide bonds. The van der Waals surface area contributed by atoms with Gasteiger partial charge in [0.1, 0.15) is 28.9 Å². The number of ether oxygens (including phenoxy) is 4. The number of hydrogen-bond donors (Lipinski definition) is 3. The summed E-state index contributed by atoms with van der Waals surface area (Å²) in [5.41, 5.74) is 4.59. The molecule has 0 saturated heterocycles. The molecule has 66 heavy (non-hydrogen) atoms. The van der Waals surface area contributed by atoms with E-state index in [1.807, 2.05) is 51.1 Å². The molecule has 3 aromatic rings. The fourth-order valence-corrected chi connectivity index (χ4v) is 9.54. The van der Waals surface area contributed by atoms with Gasteiger partial charge in [0.15, 0.2) is 0 Å². The molecule has 356 valence electrons. The van der Waals surface area contributed by atoms with Crippen LogP contribution < -0.4 is 9.47 Å². The van der Waals surface area contributed by atoms with Gasteiger partial charge in [-0.2, -0.15) is 0 Å². The Morgan fingerprint density at radius 1 is 0.955 bits per heavy atom. The minimum atomic E-state index is -1.52. The van der Waals surface area contributed by atoms with Crippen molar-refractivity contribution in [1.29, 1.82) is 0 Å². The molecule has 1 saturated carbocycles. The maximum absolute atomic E-state index is 14.9. The lowest BCUT2D eigenvalue weighted by molar-refractivity contribution is -0.384. The Labute approximate surface area is 388 Å². The minimum absolute atomic E-state index is 0.00201. The number of amides is 1. The molecule has 3 aromatic carbocycles. The van der Waals surface area contributed by atoms with Crippen molar-refractivity contribution in [3.8, 4) is 17.2 Å². The lowest BCUT2D eigenvalue weighted by Gasteiger charge is -2.60. The molecule has 6 atom stereocenters. The number of nitro groups is 1. The largest absolute Gasteiger partial charge is 0.459 e. The van der Waals surface area contributed by atoms with Crippen LogP contribution in [-0.4, -0.2) is 100 Å². The molecule has 1 fully saturated rings. The average molecular weight is 910 g/mol. The third-order valence-corrected chi connectivity index (χ3v) is 12.7. The van der Waals surface area contributed by atoms with Crippen LogP contribution in [0.15, 0.2) is 96.2 Å². The van der Waals surface area contributed by atoms with Crippen LogP contribution in [0.1, 0.15) is 93.9 Å². The first-order chi connectivity index (χ1) is 31.7. The Hall–Kier alpha value is -5.38. The summed E-state index contributed by atoms with van der Waals surface area (Å²) in [6.07, 6.45) is 11.6. The molecular formula is C52H67N3O11. The number of nitro benzene ring substituents is 1. The first-order valence-electron chi connectivity index (χ1n) is 23.2. The van der Waals surface area contributed by atoms with Crippen molar-refractivity contribution in [3.63, 3.8) is 0 Å². The fourth-order valence-electron chi connectivity index (χ4n) is 9.54. The van der Waals surface area contributed by atoms with Crippen molar-refractivity contribution in [2.45, 2.75) is 103 Å². The van der Waals surface area contributed by atoms with E-state index in [4.69, 9.17) is 28.9 Å². The molecule has 14 heteroatoms. The second kappa shape index (κ2) is 22.9. The van der Waals surface area contributed by atoms with Gasteiger partial charge in [-0.25, -0.2) is 0 Å². The Bertz CT molecular complexity index is 2230. The van der Waals surface area contributed by atoms with Gasteiger partial charge in [-0.3, -0.25) is 14.9 Å². The molecule has 0 bridgehead atoms. The molecule has 0 spiro atoms. The number of allylic oxidation sites excluding steroid dienone is 1. The summed E-state index contributed by atoms with van der Waals surface area (Å²) in [5, 5.41) is 45.9. The molecule has 0 radical (unpaired) electrons. The second-order valence-electron chi connectivity index (χ2n) is 18.4. The predicted octanol–water partition coefficient (Wildman–Crippen LogP) is 8.99. The van der Waals surface area contributed by atoms with Gasteiger partial charge < -0.3 is 44.0 Å². The summed E-state index contributed by atoms with van der Waals surface area (Å²) in [6, 6.07) is 17.0. The highest BCUT2D eigenvalue weighted by Crippen LogP contribution is 2.62. The van der Waals surface area contributed by atoms with Crippen molar-refractivity contribution in [2.24, 2.45) is 22.9 Å². The van der Waals surface area contributed by atoms with Crippen molar-refractivity contribution in [1.82, 2.24) is 4.90 Å². The van der Waals surface area contributed by atoms with E-state index in [0.29, 0.717) is 41.4 Å². The number of benzene rings is 3. The van der Waals surface area contributed by atoms with Gasteiger partial charge >= 0.3 is 0 Å². The van der Waals surface area contributed by atoms with E-state index in [0.717, 1.165) is 47.9 Å². The molecule has 1 aliphatic heterocycles. The summed E-state index contributed by atoms with van der Waals surface area (Å²) >= 11 is 0. The van der Waals surface area contributed by atoms with Gasteiger partial charge in [0.25, 0.3) is 5.69 Å². The summed E-state index contributed by atoms with van der Waals surface area (Å²) in [6.45, 7) is 14.2. The number of aliphatic hydroxyl groups excluding tert-OH is 3. The highest BCUT2D eigenvalue weighted by atomic mass is 16.7. The van der Waals surface area contributed by atoms with E-state index in [9.17, 15) is 30.2 Å². The number of aliphatic hydroxyl groups is 3.